The molecule has 1 aromatic carbocycles. The second kappa shape index (κ2) is 6.73. The predicted molar refractivity (Wildman–Crippen MR) is 100 cm³/mol. The Morgan fingerprint density at radius 1 is 1.22 bits per heavy atom. The van der Waals surface area contributed by atoms with E-state index in [-0.39, 0.29) is 11.2 Å². The van der Waals surface area contributed by atoms with Crippen LogP contribution in [0.15, 0.2) is 29.7 Å². The maximum atomic E-state index is 6.16. The van der Waals surface area contributed by atoms with Gasteiger partial charge in [-0.05, 0) is 45.8 Å². The van der Waals surface area contributed by atoms with Gasteiger partial charge >= 0.3 is 7.12 Å². The van der Waals surface area contributed by atoms with E-state index in [9.17, 15) is 0 Å². The first-order valence-corrected chi connectivity index (χ1v) is 8.18. The number of nitrogens with two attached hydrogens (primary N) is 1. The standard InChI is InChI=1S/C17H25BN2O2S/c1-16(2)17(3,4)22-18(21-16)13(11-20-5)10-12-8-6-7-9-14(12)15(19)23/h6-10,20H,11H2,1-5H3,(H2,19,23). The van der Waals surface area contributed by atoms with Gasteiger partial charge in [-0.25, -0.2) is 0 Å². The van der Waals surface area contributed by atoms with Crippen LogP contribution in [0, 0.1) is 0 Å². The molecule has 0 aromatic heterocycles. The lowest BCUT2D eigenvalue weighted by atomic mass is 9.76. The molecule has 1 saturated heterocycles. The summed E-state index contributed by atoms with van der Waals surface area (Å²) in [6, 6.07) is 7.82. The van der Waals surface area contributed by atoms with Crippen LogP contribution in [0.2, 0.25) is 0 Å². The Morgan fingerprint density at radius 3 is 2.30 bits per heavy atom. The Balaban J connectivity index is 2.39. The van der Waals surface area contributed by atoms with Gasteiger partial charge in [0.25, 0.3) is 0 Å². The van der Waals surface area contributed by atoms with Crippen molar-refractivity contribution < 1.29 is 9.31 Å². The SMILES string of the molecule is CNCC(=Cc1ccccc1C(N)=S)B1OC(C)(C)C(C)(C)O1. The normalized spacial score (nSPS) is 19.9. The fourth-order valence-electron chi connectivity index (χ4n) is 2.45. The molecule has 1 fully saturated rings. The molecule has 0 spiro atoms. The first kappa shape index (κ1) is 18.1. The zero-order valence-corrected chi connectivity index (χ0v) is 15.3. The monoisotopic (exact) mass is 332 g/mol. The molecule has 6 heteroatoms. The summed E-state index contributed by atoms with van der Waals surface area (Å²) in [7, 11) is 1.50. The summed E-state index contributed by atoms with van der Waals surface area (Å²) < 4.78 is 12.3. The number of thiocarbonyl (C=S) groups is 1. The molecule has 1 aromatic rings. The first-order chi connectivity index (χ1) is 10.7. The van der Waals surface area contributed by atoms with Gasteiger partial charge in [0.05, 0.1) is 11.2 Å². The number of likely N-dealkylation sites (N-methyl/N-ethyl adjacent to an activating group) is 1. The van der Waals surface area contributed by atoms with Crippen LogP contribution in [0.4, 0.5) is 0 Å². The van der Waals surface area contributed by atoms with Crippen molar-refractivity contribution in [3.8, 4) is 0 Å². The van der Waals surface area contributed by atoms with Crippen molar-refractivity contribution in [2.24, 2.45) is 5.73 Å². The highest BCUT2D eigenvalue weighted by Crippen LogP contribution is 2.38. The molecule has 0 radical (unpaired) electrons. The highest BCUT2D eigenvalue weighted by Gasteiger charge is 2.52. The summed E-state index contributed by atoms with van der Waals surface area (Å²) in [5.74, 6) is 0. The van der Waals surface area contributed by atoms with Gasteiger partial charge in [0.15, 0.2) is 0 Å². The zero-order chi connectivity index (χ0) is 17.3. The van der Waals surface area contributed by atoms with Crippen molar-refractivity contribution in [3.63, 3.8) is 0 Å². The van der Waals surface area contributed by atoms with Gasteiger partial charge in [-0.1, -0.05) is 42.6 Å². The molecule has 0 atom stereocenters. The molecule has 0 unspecified atom stereocenters. The minimum atomic E-state index is -0.396. The lowest BCUT2D eigenvalue weighted by molar-refractivity contribution is 0.00578. The lowest BCUT2D eigenvalue weighted by Gasteiger charge is -2.32. The van der Waals surface area contributed by atoms with E-state index in [0.29, 0.717) is 11.5 Å². The number of nitrogens with one attached hydrogen (secondary N) is 1. The molecule has 1 heterocycles. The van der Waals surface area contributed by atoms with E-state index >= 15 is 0 Å². The number of hydrogen-bond acceptors (Lipinski definition) is 4. The van der Waals surface area contributed by atoms with Crippen molar-refractivity contribution >= 4 is 30.4 Å². The van der Waals surface area contributed by atoms with Gasteiger partial charge in [-0.2, -0.15) is 0 Å². The Kier molecular flexibility index (Phi) is 5.31. The molecule has 1 aliphatic rings. The average molecular weight is 332 g/mol. The topological polar surface area (TPSA) is 56.5 Å². The van der Waals surface area contributed by atoms with Crippen LogP contribution in [0.5, 0.6) is 0 Å². The molecule has 23 heavy (non-hydrogen) atoms. The summed E-state index contributed by atoms with van der Waals surface area (Å²) in [5, 5.41) is 3.18. The van der Waals surface area contributed by atoms with Gasteiger partial charge in [-0.15, -0.1) is 0 Å². The highest BCUT2D eigenvalue weighted by molar-refractivity contribution is 7.80. The fraction of sp³-hybridized carbons (Fsp3) is 0.471. The summed E-state index contributed by atoms with van der Waals surface area (Å²) in [5.41, 5.74) is 7.93. The lowest BCUT2D eigenvalue weighted by Crippen LogP contribution is -2.41. The maximum Gasteiger partial charge on any atom is 0.491 e. The van der Waals surface area contributed by atoms with Gasteiger partial charge in [-0.3, -0.25) is 0 Å². The molecule has 4 nitrogen and oxygen atoms in total. The largest absolute Gasteiger partial charge is 0.491 e. The van der Waals surface area contributed by atoms with E-state index in [1.165, 1.54) is 0 Å². The summed E-state index contributed by atoms with van der Waals surface area (Å²) >= 11 is 5.15. The van der Waals surface area contributed by atoms with Crippen molar-refractivity contribution in [2.45, 2.75) is 38.9 Å². The molecule has 2 rings (SSSR count). The quantitative estimate of drug-likeness (QED) is 0.641. The minimum absolute atomic E-state index is 0.368. The van der Waals surface area contributed by atoms with E-state index in [2.05, 4.69) is 5.32 Å². The predicted octanol–water partition coefficient (Wildman–Crippen LogP) is 2.56. The van der Waals surface area contributed by atoms with Crippen molar-refractivity contribution in [1.29, 1.82) is 0 Å². The Hall–Kier alpha value is -1.21. The molecular formula is C17H25BN2O2S. The van der Waals surface area contributed by atoms with Crippen LogP contribution in [0.3, 0.4) is 0 Å². The van der Waals surface area contributed by atoms with Crippen molar-refractivity contribution in [3.05, 3.63) is 40.9 Å². The smallest absolute Gasteiger partial charge is 0.400 e. The molecule has 0 bridgehead atoms. The first-order valence-electron chi connectivity index (χ1n) is 7.77. The molecular weight excluding hydrogens is 307 g/mol. The minimum Gasteiger partial charge on any atom is -0.400 e. The van der Waals surface area contributed by atoms with Gasteiger partial charge in [0.2, 0.25) is 0 Å². The molecule has 0 amide bonds. The molecule has 3 N–H and O–H groups in total. The van der Waals surface area contributed by atoms with E-state index in [1.54, 1.807) is 0 Å². The van der Waals surface area contributed by atoms with Crippen molar-refractivity contribution in [1.82, 2.24) is 5.32 Å². The molecule has 1 aliphatic heterocycles. The van der Waals surface area contributed by atoms with E-state index in [0.717, 1.165) is 16.6 Å². The average Bonchev–Trinajstić information content (AvgIpc) is 2.67. The van der Waals surface area contributed by atoms with Crippen LogP contribution in [0.25, 0.3) is 6.08 Å². The van der Waals surface area contributed by atoms with Crippen LogP contribution in [-0.2, 0) is 9.31 Å². The van der Waals surface area contributed by atoms with Crippen LogP contribution in [-0.4, -0.2) is 36.9 Å². The Bertz CT molecular complexity index is 613. The fourth-order valence-corrected chi connectivity index (χ4v) is 2.63. The van der Waals surface area contributed by atoms with Crippen LogP contribution < -0.4 is 11.1 Å². The number of hydrogen-bond donors (Lipinski definition) is 2. The van der Waals surface area contributed by atoms with Crippen LogP contribution >= 0.6 is 12.2 Å². The summed E-state index contributed by atoms with van der Waals surface area (Å²) in [4.78, 5) is 0.384. The van der Waals surface area contributed by atoms with E-state index < -0.39 is 7.12 Å². The van der Waals surface area contributed by atoms with E-state index in [1.807, 2.05) is 65.1 Å². The highest BCUT2D eigenvalue weighted by atomic mass is 32.1. The second-order valence-corrected chi connectivity index (χ2v) is 7.23. The maximum absolute atomic E-state index is 6.16. The Labute approximate surface area is 144 Å². The van der Waals surface area contributed by atoms with Gasteiger partial charge < -0.3 is 20.4 Å². The van der Waals surface area contributed by atoms with Crippen LogP contribution in [0.1, 0.15) is 38.8 Å². The van der Waals surface area contributed by atoms with Gasteiger partial charge in [0.1, 0.15) is 4.99 Å². The van der Waals surface area contributed by atoms with Crippen molar-refractivity contribution in [2.75, 3.05) is 13.6 Å². The summed E-state index contributed by atoms with van der Waals surface area (Å²) in [6.45, 7) is 8.85. The molecule has 0 saturated carbocycles. The number of benzene rings is 1. The molecule has 0 aliphatic carbocycles. The Morgan fingerprint density at radius 2 is 1.78 bits per heavy atom. The van der Waals surface area contributed by atoms with Gasteiger partial charge in [0, 0.05) is 12.1 Å². The molecule has 124 valence electrons. The second-order valence-electron chi connectivity index (χ2n) is 6.79. The summed E-state index contributed by atoms with van der Waals surface area (Å²) in [6.07, 6.45) is 2.05. The van der Waals surface area contributed by atoms with E-state index in [4.69, 9.17) is 27.3 Å². The number of rotatable bonds is 5. The third-order valence-corrected chi connectivity index (χ3v) is 4.72. The zero-order valence-electron chi connectivity index (χ0n) is 14.5. The third kappa shape index (κ3) is 3.83. The third-order valence-electron chi connectivity index (χ3n) is 4.50.